The highest BCUT2D eigenvalue weighted by atomic mass is 16.5. The number of anilines is 1. The van der Waals surface area contributed by atoms with Crippen molar-refractivity contribution in [1.82, 2.24) is 19.8 Å². The first-order valence-corrected chi connectivity index (χ1v) is 15.9. The number of amides is 1. The normalized spacial score (nSPS) is 23.1. The SMILES string of the molecule is CC1CCN(c2ncc(C(=O)N3CCC4(CCCCc5ccccc5OCCN(CC5CC5)C4)CC3)cn2)CC1. The lowest BCUT2D eigenvalue weighted by Crippen LogP contribution is -2.49. The van der Waals surface area contributed by atoms with E-state index < -0.39 is 0 Å². The number of fused-ring (bicyclic) bond motifs is 1. The molecule has 0 unspecified atom stereocenters. The van der Waals surface area contributed by atoms with Crippen molar-refractivity contribution in [2.24, 2.45) is 17.3 Å². The third kappa shape index (κ3) is 6.79. The molecule has 3 aliphatic heterocycles. The first-order valence-electron chi connectivity index (χ1n) is 15.9. The van der Waals surface area contributed by atoms with E-state index in [2.05, 4.69) is 51.0 Å². The fraction of sp³-hybridized carbons (Fsp3) is 0.667. The number of carbonyl (C=O) groups excluding carboxylic acids is 1. The number of likely N-dealkylation sites (tertiary alicyclic amines) is 1. The summed E-state index contributed by atoms with van der Waals surface area (Å²) < 4.78 is 6.31. The van der Waals surface area contributed by atoms with Crippen molar-refractivity contribution in [2.45, 2.75) is 71.1 Å². The lowest BCUT2D eigenvalue weighted by molar-refractivity contribution is 0.0368. The third-order valence-electron chi connectivity index (χ3n) is 9.88. The number of ether oxygens (including phenoxy) is 1. The Morgan fingerprint density at radius 1 is 0.950 bits per heavy atom. The van der Waals surface area contributed by atoms with Gasteiger partial charge in [-0.15, -0.1) is 0 Å². The molecule has 1 aromatic heterocycles. The van der Waals surface area contributed by atoms with E-state index in [0.717, 1.165) is 88.7 Å². The van der Waals surface area contributed by atoms with Gasteiger partial charge in [0.25, 0.3) is 5.91 Å². The van der Waals surface area contributed by atoms with E-state index in [9.17, 15) is 4.79 Å². The van der Waals surface area contributed by atoms with Crippen LogP contribution in [0.15, 0.2) is 36.7 Å². The minimum absolute atomic E-state index is 0.0849. The Morgan fingerprint density at radius 2 is 1.70 bits per heavy atom. The summed E-state index contributed by atoms with van der Waals surface area (Å²) in [6.07, 6.45) is 15.5. The zero-order valence-electron chi connectivity index (χ0n) is 24.4. The lowest BCUT2D eigenvalue weighted by atomic mass is 9.73. The maximum Gasteiger partial charge on any atom is 0.256 e. The lowest BCUT2D eigenvalue weighted by Gasteiger charge is -2.45. The summed E-state index contributed by atoms with van der Waals surface area (Å²) >= 11 is 0. The van der Waals surface area contributed by atoms with Gasteiger partial charge in [-0.3, -0.25) is 9.69 Å². The summed E-state index contributed by atoms with van der Waals surface area (Å²) in [7, 11) is 0. The minimum atomic E-state index is 0.0849. The van der Waals surface area contributed by atoms with Crippen LogP contribution in [0.2, 0.25) is 0 Å². The van der Waals surface area contributed by atoms with Crippen LogP contribution in [0.25, 0.3) is 0 Å². The maximum absolute atomic E-state index is 13.4. The highest BCUT2D eigenvalue weighted by Crippen LogP contribution is 2.40. The monoisotopic (exact) mass is 545 g/mol. The van der Waals surface area contributed by atoms with Crippen molar-refractivity contribution < 1.29 is 9.53 Å². The molecule has 1 aliphatic carbocycles. The first kappa shape index (κ1) is 27.5. The quantitative estimate of drug-likeness (QED) is 0.509. The fourth-order valence-corrected chi connectivity index (χ4v) is 6.98. The van der Waals surface area contributed by atoms with E-state index in [1.807, 2.05) is 4.90 Å². The van der Waals surface area contributed by atoms with Crippen LogP contribution in [-0.2, 0) is 6.42 Å². The van der Waals surface area contributed by atoms with Gasteiger partial charge in [0.1, 0.15) is 12.4 Å². The van der Waals surface area contributed by atoms with Crippen LogP contribution < -0.4 is 9.64 Å². The third-order valence-corrected chi connectivity index (χ3v) is 9.88. The van der Waals surface area contributed by atoms with E-state index >= 15 is 0 Å². The zero-order valence-corrected chi connectivity index (χ0v) is 24.4. The molecule has 6 rings (SSSR count). The standard InChI is InChI=1S/C33H47N5O2/c1-26-11-16-38(17-12-26)32-34-22-29(23-35-32)31(39)37-18-14-33(15-19-37)13-5-4-7-28-6-2-3-8-30(28)40-21-20-36(25-33)24-27-9-10-27/h2-3,6,8,22-23,26-27H,4-5,7,9-21,24-25H2,1H3. The van der Waals surface area contributed by atoms with Gasteiger partial charge in [-0.2, -0.15) is 0 Å². The molecule has 0 radical (unpaired) electrons. The molecule has 1 spiro atoms. The predicted octanol–water partition coefficient (Wildman–Crippen LogP) is 5.45. The van der Waals surface area contributed by atoms with Gasteiger partial charge in [0.15, 0.2) is 0 Å². The molecule has 7 nitrogen and oxygen atoms in total. The average molecular weight is 546 g/mol. The van der Waals surface area contributed by atoms with Crippen LogP contribution in [0, 0.1) is 17.3 Å². The second-order valence-corrected chi connectivity index (χ2v) is 13.1. The topological polar surface area (TPSA) is 61.8 Å². The van der Waals surface area contributed by atoms with Gasteiger partial charge in [-0.25, -0.2) is 9.97 Å². The van der Waals surface area contributed by atoms with Crippen molar-refractivity contribution in [3.63, 3.8) is 0 Å². The van der Waals surface area contributed by atoms with E-state index in [1.54, 1.807) is 12.4 Å². The molecule has 1 saturated carbocycles. The Labute approximate surface area is 240 Å². The van der Waals surface area contributed by atoms with E-state index in [0.29, 0.717) is 5.56 Å². The molecule has 0 atom stereocenters. The Morgan fingerprint density at radius 3 is 2.45 bits per heavy atom. The van der Waals surface area contributed by atoms with Crippen LogP contribution in [0.3, 0.4) is 0 Å². The van der Waals surface area contributed by atoms with Gasteiger partial charge in [-0.1, -0.05) is 31.5 Å². The number of aryl methyl sites for hydroxylation is 1. The van der Waals surface area contributed by atoms with E-state index in [4.69, 9.17) is 4.74 Å². The van der Waals surface area contributed by atoms with Crippen LogP contribution in [0.1, 0.15) is 80.6 Å². The molecule has 1 amide bonds. The highest BCUT2D eigenvalue weighted by Gasteiger charge is 2.38. The summed E-state index contributed by atoms with van der Waals surface area (Å²) in [5.41, 5.74) is 2.24. The second-order valence-electron chi connectivity index (χ2n) is 13.1. The van der Waals surface area contributed by atoms with Crippen LogP contribution in [0.5, 0.6) is 5.75 Å². The summed E-state index contributed by atoms with van der Waals surface area (Å²) in [4.78, 5) is 29.6. The molecule has 4 heterocycles. The van der Waals surface area contributed by atoms with Crippen LogP contribution in [0.4, 0.5) is 5.95 Å². The molecule has 7 heteroatoms. The number of rotatable bonds is 4. The van der Waals surface area contributed by atoms with Crippen LogP contribution >= 0.6 is 0 Å². The second kappa shape index (κ2) is 12.5. The fourth-order valence-electron chi connectivity index (χ4n) is 6.98. The molecule has 4 aliphatic rings. The number of benzene rings is 1. The number of nitrogens with zero attached hydrogens (tertiary/aromatic N) is 5. The summed E-state index contributed by atoms with van der Waals surface area (Å²) in [5.74, 6) is 3.54. The van der Waals surface area contributed by atoms with Gasteiger partial charge < -0.3 is 14.5 Å². The number of aromatic nitrogens is 2. The Bertz CT molecular complexity index is 1120. The van der Waals surface area contributed by atoms with Gasteiger partial charge in [0.2, 0.25) is 5.95 Å². The van der Waals surface area contributed by atoms with E-state index in [1.165, 1.54) is 57.1 Å². The molecule has 216 valence electrons. The van der Waals surface area contributed by atoms with Gasteiger partial charge in [0, 0.05) is 58.2 Å². The maximum atomic E-state index is 13.4. The first-order chi connectivity index (χ1) is 19.6. The molecule has 2 aromatic rings. The summed E-state index contributed by atoms with van der Waals surface area (Å²) in [6, 6.07) is 8.58. The molecule has 0 N–H and O–H groups in total. The molecule has 3 fully saturated rings. The minimum Gasteiger partial charge on any atom is -0.492 e. The zero-order chi connectivity index (χ0) is 27.4. The van der Waals surface area contributed by atoms with Gasteiger partial charge >= 0.3 is 0 Å². The Hall–Kier alpha value is -2.67. The largest absolute Gasteiger partial charge is 0.492 e. The van der Waals surface area contributed by atoms with Crippen molar-refractivity contribution in [1.29, 1.82) is 0 Å². The highest BCUT2D eigenvalue weighted by molar-refractivity contribution is 5.93. The molecule has 1 aromatic carbocycles. The Kier molecular flexibility index (Phi) is 8.56. The molecular weight excluding hydrogens is 498 g/mol. The summed E-state index contributed by atoms with van der Waals surface area (Å²) in [6.45, 7) is 9.99. The number of piperidine rings is 2. The predicted molar refractivity (Wildman–Crippen MR) is 159 cm³/mol. The molecule has 0 bridgehead atoms. The number of hydrogen-bond acceptors (Lipinski definition) is 6. The molecule has 40 heavy (non-hydrogen) atoms. The van der Waals surface area contributed by atoms with Crippen molar-refractivity contribution in [2.75, 3.05) is 57.3 Å². The molecule has 2 saturated heterocycles. The van der Waals surface area contributed by atoms with Crippen molar-refractivity contribution in [3.05, 3.63) is 47.8 Å². The Balaban J connectivity index is 1.09. The number of carbonyl (C=O) groups is 1. The van der Waals surface area contributed by atoms with E-state index in [-0.39, 0.29) is 11.3 Å². The number of hydrogen-bond donors (Lipinski definition) is 0. The van der Waals surface area contributed by atoms with Crippen LogP contribution in [-0.4, -0.2) is 78.1 Å². The average Bonchev–Trinajstić information content (AvgIpc) is 3.80. The smallest absolute Gasteiger partial charge is 0.256 e. The van der Waals surface area contributed by atoms with Crippen molar-refractivity contribution >= 4 is 11.9 Å². The van der Waals surface area contributed by atoms with Gasteiger partial charge in [-0.05, 0) is 86.7 Å². The van der Waals surface area contributed by atoms with Gasteiger partial charge in [0.05, 0.1) is 5.56 Å². The molecular formula is C33H47N5O2. The number of para-hydroxylation sites is 1. The summed E-state index contributed by atoms with van der Waals surface area (Å²) in [5, 5.41) is 0. The van der Waals surface area contributed by atoms with Crippen molar-refractivity contribution in [3.8, 4) is 5.75 Å².